The SMILES string of the molecule is Cc1cnc2ccc(-c3nc(C(=O)NCc4cccc(N5C[CH]C5)n4)c(N)nc3-c3ncco3)cn12. The van der Waals surface area contributed by atoms with Gasteiger partial charge in [0.25, 0.3) is 5.91 Å². The molecular weight excluding hydrogens is 458 g/mol. The Hall–Kier alpha value is -4.80. The lowest BCUT2D eigenvalue weighted by atomic mass is 10.1. The summed E-state index contributed by atoms with van der Waals surface area (Å²) < 4.78 is 7.41. The Morgan fingerprint density at radius 1 is 1.11 bits per heavy atom. The number of oxazole rings is 1. The van der Waals surface area contributed by atoms with Crippen LogP contribution in [0, 0.1) is 13.3 Å². The van der Waals surface area contributed by atoms with Crippen molar-refractivity contribution in [3.63, 3.8) is 0 Å². The second-order valence-electron chi connectivity index (χ2n) is 8.40. The number of pyridine rings is 2. The van der Waals surface area contributed by atoms with Gasteiger partial charge in [-0.3, -0.25) is 4.79 Å². The van der Waals surface area contributed by atoms with E-state index in [4.69, 9.17) is 10.2 Å². The average Bonchev–Trinajstić information content (AvgIpc) is 3.52. The minimum absolute atomic E-state index is 0.0104. The predicted octanol–water partition coefficient (Wildman–Crippen LogP) is 2.69. The van der Waals surface area contributed by atoms with E-state index in [-0.39, 0.29) is 23.9 Å². The molecule has 1 fully saturated rings. The monoisotopic (exact) mass is 480 g/mol. The first-order valence-corrected chi connectivity index (χ1v) is 11.4. The standard InChI is InChI=1S/C25H22N9O2/c1-15-12-28-18-7-6-16(14-34(15)18)20-21(25-27-8-11-36-25)32-23(26)22(31-20)24(35)29-13-17-4-2-5-19(30-17)33-9-3-10-33/h2-8,11-12,14H,9-10,13H2,1H3,(H2,26,32)(H,29,35). The van der Waals surface area contributed by atoms with Gasteiger partial charge in [-0.15, -0.1) is 0 Å². The van der Waals surface area contributed by atoms with Crippen molar-refractivity contribution >= 4 is 23.2 Å². The quantitative estimate of drug-likeness (QED) is 0.375. The summed E-state index contributed by atoms with van der Waals surface area (Å²) in [5, 5.41) is 2.86. The molecule has 11 heteroatoms. The predicted molar refractivity (Wildman–Crippen MR) is 133 cm³/mol. The summed E-state index contributed by atoms with van der Waals surface area (Å²) >= 11 is 0. The number of amides is 1. The summed E-state index contributed by atoms with van der Waals surface area (Å²) in [5.74, 6) is 0.654. The number of anilines is 2. The van der Waals surface area contributed by atoms with E-state index in [1.165, 1.54) is 12.5 Å². The summed E-state index contributed by atoms with van der Waals surface area (Å²) in [7, 11) is 0. The summed E-state index contributed by atoms with van der Waals surface area (Å²) in [4.78, 5) is 37.6. The fraction of sp³-hybridized carbons (Fsp3) is 0.160. The van der Waals surface area contributed by atoms with Crippen molar-refractivity contribution in [3.8, 4) is 22.8 Å². The Balaban J connectivity index is 1.34. The number of hydrogen-bond acceptors (Lipinski definition) is 9. The number of rotatable bonds is 6. The molecule has 1 aliphatic rings. The van der Waals surface area contributed by atoms with Crippen LogP contribution in [0.5, 0.6) is 0 Å². The molecule has 1 radical (unpaired) electrons. The number of fused-ring (bicyclic) bond motifs is 1. The maximum Gasteiger partial charge on any atom is 0.274 e. The molecule has 1 saturated heterocycles. The molecule has 1 amide bonds. The van der Waals surface area contributed by atoms with E-state index in [0.717, 1.165) is 35.9 Å². The van der Waals surface area contributed by atoms with Crippen molar-refractivity contribution in [1.29, 1.82) is 0 Å². The number of carbonyl (C=O) groups is 1. The third kappa shape index (κ3) is 3.90. The largest absolute Gasteiger partial charge is 0.443 e. The van der Waals surface area contributed by atoms with E-state index >= 15 is 0 Å². The first-order valence-electron chi connectivity index (χ1n) is 11.4. The van der Waals surface area contributed by atoms with Crippen LogP contribution in [-0.2, 0) is 6.54 Å². The van der Waals surface area contributed by atoms with E-state index in [1.807, 2.05) is 47.9 Å². The molecule has 11 nitrogen and oxygen atoms in total. The number of nitrogens with one attached hydrogen (secondary N) is 1. The molecule has 0 spiro atoms. The maximum atomic E-state index is 13.1. The zero-order valence-electron chi connectivity index (χ0n) is 19.4. The molecule has 0 aromatic carbocycles. The molecular formula is C25H22N9O2. The van der Waals surface area contributed by atoms with Crippen LogP contribution in [-0.4, -0.2) is 48.3 Å². The smallest absolute Gasteiger partial charge is 0.274 e. The highest BCUT2D eigenvalue weighted by atomic mass is 16.3. The number of nitrogens with two attached hydrogens (primary N) is 1. The van der Waals surface area contributed by atoms with Crippen molar-refractivity contribution in [3.05, 3.63) is 78.7 Å². The van der Waals surface area contributed by atoms with E-state index in [9.17, 15) is 4.79 Å². The Morgan fingerprint density at radius 2 is 2.00 bits per heavy atom. The average molecular weight is 481 g/mol. The number of carbonyl (C=O) groups excluding carboxylic acids is 1. The van der Waals surface area contributed by atoms with Crippen LogP contribution in [0.15, 0.2) is 59.6 Å². The summed E-state index contributed by atoms with van der Waals surface area (Å²) in [5.41, 5.74) is 10.1. The van der Waals surface area contributed by atoms with Crippen molar-refractivity contribution in [2.75, 3.05) is 23.7 Å². The number of imidazole rings is 1. The zero-order valence-corrected chi connectivity index (χ0v) is 19.4. The van der Waals surface area contributed by atoms with Gasteiger partial charge in [0.15, 0.2) is 17.2 Å². The van der Waals surface area contributed by atoms with E-state index in [1.54, 1.807) is 6.20 Å². The van der Waals surface area contributed by atoms with Crippen LogP contribution in [0.3, 0.4) is 0 Å². The summed E-state index contributed by atoms with van der Waals surface area (Å²) in [6, 6.07) is 9.47. The number of nitrogen functional groups attached to an aromatic ring is 1. The fourth-order valence-electron chi connectivity index (χ4n) is 3.99. The molecule has 5 aromatic rings. The Labute approximate surface area is 206 Å². The van der Waals surface area contributed by atoms with E-state index in [0.29, 0.717) is 17.0 Å². The molecule has 6 rings (SSSR count). The van der Waals surface area contributed by atoms with Gasteiger partial charge in [-0.25, -0.2) is 24.9 Å². The minimum atomic E-state index is -0.454. The van der Waals surface area contributed by atoms with Crippen molar-refractivity contribution < 1.29 is 9.21 Å². The van der Waals surface area contributed by atoms with Crippen LogP contribution in [0.1, 0.15) is 21.9 Å². The first-order chi connectivity index (χ1) is 17.6. The minimum Gasteiger partial charge on any atom is -0.443 e. The molecule has 1 aliphatic heterocycles. The number of nitrogens with zero attached hydrogens (tertiary/aromatic N) is 7. The third-order valence-corrected chi connectivity index (χ3v) is 5.98. The second-order valence-corrected chi connectivity index (χ2v) is 8.40. The summed E-state index contributed by atoms with van der Waals surface area (Å²) in [6.07, 6.45) is 8.79. The molecule has 0 unspecified atom stereocenters. The highest BCUT2D eigenvalue weighted by molar-refractivity contribution is 5.97. The number of aromatic nitrogens is 6. The Kier molecular flexibility index (Phi) is 5.29. The molecule has 3 N–H and O–H groups in total. The van der Waals surface area contributed by atoms with Gasteiger partial charge in [-0.2, -0.15) is 0 Å². The van der Waals surface area contributed by atoms with Gasteiger partial charge in [0.1, 0.15) is 23.4 Å². The van der Waals surface area contributed by atoms with Gasteiger partial charge in [0, 0.05) is 43.2 Å². The first kappa shape index (κ1) is 21.7. The summed E-state index contributed by atoms with van der Waals surface area (Å²) in [6.45, 7) is 3.93. The topological polar surface area (TPSA) is 140 Å². The molecule has 0 saturated carbocycles. The van der Waals surface area contributed by atoms with Gasteiger partial charge in [0.05, 0.1) is 18.4 Å². The van der Waals surface area contributed by atoms with E-state index in [2.05, 4.69) is 41.6 Å². The number of hydrogen-bond donors (Lipinski definition) is 2. The van der Waals surface area contributed by atoms with Gasteiger partial charge >= 0.3 is 0 Å². The van der Waals surface area contributed by atoms with Gasteiger partial charge in [0.2, 0.25) is 5.89 Å². The van der Waals surface area contributed by atoms with Crippen molar-refractivity contribution in [2.45, 2.75) is 13.5 Å². The van der Waals surface area contributed by atoms with Crippen LogP contribution >= 0.6 is 0 Å². The Morgan fingerprint density at radius 3 is 2.78 bits per heavy atom. The van der Waals surface area contributed by atoms with E-state index < -0.39 is 5.91 Å². The lowest BCUT2D eigenvalue weighted by Gasteiger charge is -2.31. The van der Waals surface area contributed by atoms with Crippen molar-refractivity contribution in [1.82, 2.24) is 34.6 Å². The van der Waals surface area contributed by atoms with Crippen LogP contribution in [0.25, 0.3) is 28.5 Å². The third-order valence-electron chi connectivity index (χ3n) is 5.98. The van der Waals surface area contributed by atoms with Crippen molar-refractivity contribution in [2.24, 2.45) is 0 Å². The van der Waals surface area contributed by atoms with Crippen LogP contribution < -0.4 is 16.0 Å². The molecule has 179 valence electrons. The zero-order chi connectivity index (χ0) is 24.6. The molecule has 0 aliphatic carbocycles. The normalized spacial score (nSPS) is 13.1. The highest BCUT2D eigenvalue weighted by Gasteiger charge is 2.23. The molecule has 5 aromatic heterocycles. The Bertz CT molecular complexity index is 1570. The van der Waals surface area contributed by atoms with Crippen LogP contribution in [0.2, 0.25) is 0 Å². The second kappa shape index (κ2) is 8.77. The highest BCUT2D eigenvalue weighted by Crippen LogP contribution is 2.30. The van der Waals surface area contributed by atoms with Crippen LogP contribution in [0.4, 0.5) is 11.6 Å². The maximum absolute atomic E-state index is 13.1. The lowest BCUT2D eigenvalue weighted by Crippen LogP contribution is -2.38. The number of aryl methyl sites for hydroxylation is 1. The molecule has 0 atom stereocenters. The van der Waals surface area contributed by atoms with Gasteiger partial charge in [-0.1, -0.05) is 6.07 Å². The fourth-order valence-corrected chi connectivity index (χ4v) is 3.99. The molecule has 6 heterocycles. The van der Waals surface area contributed by atoms with Gasteiger partial charge < -0.3 is 24.8 Å². The molecule has 36 heavy (non-hydrogen) atoms. The molecule has 0 bridgehead atoms. The van der Waals surface area contributed by atoms with Gasteiger partial charge in [-0.05, 0) is 31.2 Å². The lowest BCUT2D eigenvalue weighted by molar-refractivity contribution is 0.0946.